The number of rotatable bonds is 4. The quantitative estimate of drug-likeness (QED) is 0.449. The van der Waals surface area contributed by atoms with Crippen molar-refractivity contribution in [2.24, 2.45) is 7.05 Å². The van der Waals surface area contributed by atoms with Crippen molar-refractivity contribution in [3.8, 4) is 0 Å². The van der Waals surface area contributed by atoms with Crippen LogP contribution in [0, 0.1) is 0 Å². The van der Waals surface area contributed by atoms with Crippen LogP contribution in [0.1, 0.15) is 24.0 Å². The molecule has 0 unspecified atom stereocenters. The van der Waals surface area contributed by atoms with Gasteiger partial charge in [0.05, 0.1) is 17.3 Å². The fourth-order valence-corrected chi connectivity index (χ4v) is 4.58. The van der Waals surface area contributed by atoms with Gasteiger partial charge in [-0.05, 0) is 54.8 Å². The third-order valence-electron chi connectivity index (χ3n) is 6.44. The summed E-state index contributed by atoms with van der Waals surface area (Å²) in [4.78, 5) is 14.8. The number of furan rings is 1. The number of hydrogen-bond donors (Lipinski definition) is 1. The van der Waals surface area contributed by atoms with Crippen molar-refractivity contribution in [3.63, 3.8) is 0 Å². The first-order valence-corrected chi connectivity index (χ1v) is 10.9. The Balaban J connectivity index is 1.31. The first-order chi connectivity index (χ1) is 15.8. The van der Waals surface area contributed by atoms with E-state index in [0.29, 0.717) is 16.6 Å². The van der Waals surface area contributed by atoms with Gasteiger partial charge in [0.25, 0.3) is 5.56 Å². The molecule has 4 aromatic rings. The minimum Gasteiger partial charge on any atom is -0.464 e. The van der Waals surface area contributed by atoms with Gasteiger partial charge >= 0.3 is 6.18 Å². The number of hydrogen-bond acceptors (Lipinski definition) is 4. The summed E-state index contributed by atoms with van der Waals surface area (Å²) in [6.45, 7) is 2.55. The Morgan fingerprint density at radius 1 is 1.06 bits per heavy atom. The second kappa shape index (κ2) is 8.26. The molecule has 172 valence electrons. The van der Waals surface area contributed by atoms with Crippen LogP contribution < -0.4 is 10.9 Å². The summed E-state index contributed by atoms with van der Waals surface area (Å²) >= 11 is 0. The molecule has 0 aliphatic carbocycles. The minimum absolute atomic E-state index is 0.0856. The average molecular weight is 455 g/mol. The monoisotopic (exact) mass is 455 g/mol. The van der Waals surface area contributed by atoms with Gasteiger partial charge in [0.1, 0.15) is 5.58 Å². The number of piperidine rings is 1. The summed E-state index contributed by atoms with van der Waals surface area (Å²) in [5, 5.41) is 4.84. The second-order valence-corrected chi connectivity index (χ2v) is 8.67. The molecule has 1 saturated heterocycles. The topological polar surface area (TPSA) is 50.4 Å². The molecule has 0 saturated carbocycles. The van der Waals surface area contributed by atoms with Gasteiger partial charge in [0.15, 0.2) is 0 Å². The number of pyridine rings is 1. The first-order valence-electron chi connectivity index (χ1n) is 10.9. The van der Waals surface area contributed by atoms with E-state index in [1.165, 1.54) is 22.3 Å². The summed E-state index contributed by atoms with van der Waals surface area (Å²) in [5.74, 6) is 0. The second-order valence-electron chi connectivity index (χ2n) is 8.67. The van der Waals surface area contributed by atoms with Gasteiger partial charge in [0.2, 0.25) is 0 Å². The molecule has 0 atom stereocenters. The van der Waals surface area contributed by atoms with Crippen LogP contribution in [0.4, 0.5) is 18.9 Å². The van der Waals surface area contributed by atoms with Crippen molar-refractivity contribution in [1.29, 1.82) is 0 Å². The Bertz CT molecular complexity index is 1370. The number of fused-ring (bicyclic) bond motifs is 2. The summed E-state index contributed by atoms with van der Waals surface area (Å²) in [6.07, 6.45) is -1.08. The summed E-state index contributed by atoms with van der Waals surface area (Å²) in [5.41, 5.74) is 2.05. The van der Waals surface area contributed by atoms with E-state index >= 15 is 0 Å². The van der Waals surface area contributed by atoms with Crippen molar-refractivity contribution < 1.29 is 17.6 Å². The third kappa shape index (κ3) is 4.35. The van der Waals surface area contributed by atoms with E-state index < -0.39 is 11.7 Å². The van der Waals surface area contributed by atoms with Gasteiger partial charge < -0.3 is 14.3 Å². The van der Waals surface area contributed by atoms with E-state index in [9.17, 15) is 18.0 Å². The Morgan fingerprint density at radius 3 is 2.61 bits per heavy atom. The molecule has 1 N–H and O–H groups in total. The van der Waals surface area contributed by atoms with Crippen LogP contribution in [0.5, 0.6) is 0 Å². The predicted molar refractivity (Wildman–Crippen MR) is 122 cm³/mol. The molecule has 5 nitrogen and oxygen atoms in total. The number of halogens is 3. The minimum atomic E-state index is -4.44. The van der Waals surface area contributed by atoms with Crippen LogP contribution >= 0.6 is 0 Å². The van der Waals surface area contributed by atoms with E-state index in [1.807, 2.05) is 12.1 Å². The lowest BCUT2D eigenvalue weighted by atomic mass is 10.0. The maximum atomic E-state index is 13.3. The zero-order chi connectivity index (χ0) is 23.2. The standard InChI is InChI=1S/C25H24F3N3O2/c1-30-22-4-3-18(25(26,27)28)13-20(22)21(14-24(30)32)29-19-6-9-31(10-7-19)15-16-2-5-23-17(12-16)8-11-33-23/h2-5,8,11-14,19,29H,6-7,9-10,15H2,1H3. The molecule has 0 spiro atoms. The van der Waals surface area contributed by atoms with E-state index in [-0.39, 0.29) is 11.6 Å². The van der Waals surface area contributed by atoms with Crippen molar-refractivity contribution in [3.05, 3.63) is 76.3 Å². The lowest BCUT2D eigenvalue weighted by Crippen LogP contribution is -2.38. The van der Waals surface area contributed by atoms with Gasteiger partial charge in [-0.15, -0.1) is 0 Å². The van der Waals surface area contributed by atoms with Crippen molar-refractivity contribution in [1.82, 2.24) is 9.47 Å². The van der Waals surface area contributed by atoms with Gasteiger partial charge in [-0.1, -0.05) is 6.07 Å². The molecule has 1 aliphatic heterocycles. The molecule has 3 heterocycles. The smallest absolute Gasteiger partial charge is 0.416 e. The lowest BCUT2D eigenvalue weighted by Gasteiger charge is -2.33. The number of nitrogens with zero attached hydrogens (tertiary/aromatic N) is 2. The molecule has 5 rings (SSSR count). The van der Waals surface area contributed by atoms with Gasteiger partial charge in [-0.2, -0.15) is 13.2 Å². The Morgan fingerprint density at radius 2 is 1.85 bits per heavy atom. The highest BCUT2D eigenvalue weighted by molar-refractivity contribution is 5.92. The maximum Gasteiger partial charge on any atom is 0.416 e. The van der Waals surface area contributed by atoms with Crippen LogP contribution in [0.25, 0.3) is 21.9 Å². The highest BCUT2D eigenvalue weighted by Crippen LogP contribution is 2.33. The predicted octanol–water partition coefficient (Wildman–Crippen LogP) is 5.38. The summed E-state index contributed by atoms with van der Waals surface area (Å²) in [7, 11) is 1.57. The lowest BCUT2D eigenvalue weighted by molar-refractivity contribution is -0.137. The molecule has 0 radical (unpaired) electrons. The summed E-state index contributed by atoms with van der Waals surface area (Å²) in [6, 6.07) is 13.1. The zero-order valence-electron chi connectivity index (χ0n) is 18.2. The van der Waals surface area contributed by atoms with E-state index in [4.69, 9.17) is 4.42 Å². The van der Waals surface area contributed by atoms with Gasteiger partial charge in [-0.25, -0.2) is 0 Å². The maximum absolute atomic E-state index is 13.3. The Hall–Kier alpha value is -3.26. The molecular formula is C25H24F3N3O2. The summed E-state index contributed by atoms with van der Waals surface area (Å²) < 4.78 is 46.6. The molecule has 33 heavy (non-hydrogen) atoms. The number of benzene rings is 2. The number of aromatic nitrogens is 1. The van der Waals surface area contributed by atoms with Gasteiger partial charge in [0, 0.05) is 55.2 Å². The van der Waals surface area contributed by atoms with Crippen molar-refractivity contribution >= 4 is 27.6 Å². The van der Waals surface area contributed by atoms with Crippen LogP contribution in [0.2, 0.25) is 0 Å². The number of likely N-dealkylation sites (tertiary alicyclic amines) is 1. The van der Waals surface area contributed by atoms with Gasteiger partial charge in [-0.3, -0.25) is 9.69 Å². The van der Waals surface area contributed by atoms with Crippen LogP contribution in [-0.4, -0.2) is 28.6 Å². The molecule has 2 aromatic carbocycles. The fraction of sp³-hybridized carbons (Fsp3) is 0.320. The van der Waals surface area contributed by atoms with Crippen LogP contribution in [0.15, 0.2) is 64.0 Å². The molecule has 1 aliphatic rings. The molecule has 0 amide bonds. The highest BCUT2D eigenvalue weighted by atomic mass is 19.4. The van der Waals surface area contributed by atoms with Crippen LogP contribution in [0.3, 0.4) is 0 Å². The largest absolute Gasteiger partial charge is 0.464 e. The zero-order valence-corrected chi connectivity index (χ0v) is 18.2. The van der Waals surface area contributed by atoms with Crippen molar-refractivity contribution in [2.75, 3.05) is 18.4 Å². The molecule has 0 bridgehead atoms. The number of aryl methyl sites for hydroxylation is 1. The third-order valence-corrected chi connectivity index (χ3v) is 6.44. The average Bonchev–Trinajstić information content (AvgIpc) is 3.25. The highest BCUT2D eigenvalue weighted by Gasteiger charge is 2.31. The van der Waals surface area contributed by atoms with Crippen molar-refractivity contribution in [2.45, 2.75) is 31.6 Å². The number of nitrogens with one attached hydrogen (secondary N) is 1. The number of alkyl halides is 3. The molecule has 2 aromatic heterocycles. The molecular weight excluding hydrogens is 431 g/mol. The molecule has 8 heteroatoms. The van der Waals surface area contributed by atoms with E-state index in [2.05, 4.69) is 22.3 Å². The Kier molecular flexibility index (Phi) is 5.40. The normalized spacial score (nSPS) is 16.0. The van der Waals surface area contributed by atoms with E-state index in [0.717, 1.165) is 55.6 Å². The SMILES string of the molecule is Cn1c(=O)cc(NC2CCN(Cc3ccc4occc4c3)CC2)c2cc(C(F)(F)F)ccc21. The Labute approximate surface area is 188 Å². The number of anilines is 1. The molecule has 1 fully saturated rings. The first kappa shape index (κ1) is 21.6. The fourth-order valence-electron chi connectivity index (χ4n) is 4.58. The van der Waals surface area contributed by atoms with Crippen LogP contribution in [-0.2, 0) is 19.8 Å². The van der Waals surface area contributed by atoms with E-state index in [1.54, 1.807) is 13.3 Å².